The molecule has 0 bridgehead atoms. The zero-order valence-corrected chi connectivity index (χ0v) is 12.0. The van der Waals surface area contributed by atoms with Gasteiger partial charge in [0.15, 0.2) is 0 Å². The zero-order chi connectivity index (χ0) is 16.0. The second-order valence-electron chi connectivity index (χ2n) is 4.72. The number of nitrogens with zero attached hydrogens (tertiary/aromatic N) is 1. The van der Waals surface area contributed by atoms with Crippen molar-refractivity contribution in [3.05, 3.63) is 18.3 Å². The van der Waals surface area contributed by atoms with Crippen LogP contribution in [0.25, 0.3) is 0 Å². The van der Waals surface area contributed by atoms with Crippen molar-refractivity contribution in [3.8, 4) is 5.88 Å². The highest BCUT2D eigenvalue weighted by Gasteiger charge is 2.28. The Labute approximate surface area is 120 Å². The van der Waals surface area contributed by atoms with E-state index in [1.165, 1.54) is 13.1 Å². The second kappa shape index (κ2) is 7.14. The molecule has 118 valence electrons. The van der Waals surface area contributed by atoms with Gasteiger partial charge < -0.3 is 15.4 Å². The van der Waals surface area contributed by atoms with Crippen molar-refractivity contribution >= 4 is 11.6 Å². The molecule has 1 heterocycles. The van der Waals surface area contributed by atoms with Gasteiger partial charge in [0.05, 0.1) is 11.8 Å². The van der Waals surface area contributed by atoms with E-state index in [9.17, 15) is 18.0 Å². The molecule has 8 heteroatoms. The van der Waals surface area contributed by atoms with Crippen LogP contribution in [0.1, 0.15) is 20.8 Å². The fraction of sp³-hybridized carbons (Fsp3) is 0.538. The van der Waals surface area contributed by atoms with Crippen LogP contribution in [0.5, 0.6) is 5.88 Å². The number of rotatable bonds is 6. The number of ether oxygens (including phenoxy) is 1. The second-order valence-corrected chi connectivity index (χ2v) is 4.72. The smallest absolute Gasteiger partial charge is 0.405 e. The average molecular weight is 305 g/mol. The number of carbonyl (C=O) groups is 1. The Morgan fingerprint density at radius 2 is 2.05 bits per heavy atom. The molecule has 0 aliphatic rings. The van der Waals surface area contributed by atoms with E-state index in [0.29, 0.717) is 11.6 Å². The normalized spacial score (nSPS) is 12.9. The van der Waals surface area contributed by atoms with Gasteiger partial charge in [0.25, 0.3) is 0 Å². The van der Waals surface area contributed by atoms with Crippen LogP contribution in [-0.2, 0) is 4.79 Å². The minimum absolute atomic E-state index is 0.116. The topological polar surface area (TPSA) is 63.2 Å². The number of halogens is 3. The molecule has 0 aromatic carbocycles. The maximum Gasteiger partial charge on any atom is 0.405 e. The van der Waals surface area contributed by atoms with Gasteiger partial charge in [-0.05, 0) is 32.9 Å². The van der Waals surface area contributed by atoms with E-state index in [0.717, 1.165) is 0 Å². The molecule has 1 amide bonds. The first-order valence-electron chi connectivity index (χ1n) is 6.41. The largest absolute Gasteiger partial charge is 0.473 e. The number of hydrogen-bond donors (Lipinski definition) is 2. The quantitative estimate of drug-likeness (QED) is 0.847. The molecule has 5 nitrogen and oxygen atoms in total. The number of amides is 1. The molecule has 2 N–H and O–H groups in total. The predicted octanol–water partition coefficient (Wildman–Crippen LogP) is 2.35. The van der Waals surface area contributed by atoms with Gasteiger partial charge in [-0.3, -0.25) is 4.79 Å². The van der Waals surface area contributed by atoms with Gasteiger partial charge in [-0.15, -0.1) is 0 Å². The molecule has 1 unspecified atom stereocenters. The van der Waals surface area contributed by atoms with Crippen LogP contribution in [0, 0.1) is 0 Å². The molecule has 0 radical (unpaired) electrons. The van der Waals surface area contributed by atoms with E-state index >= 15 is 0 Å². The number of nitrogens with one attached hydrogen (secondary N) is 2. The first kappa shape index (κ1) is 17.1. The number of pyridine rings is 1. The minimum Gasteiger partial charge on any atom is -0.473 e. The van der Waals surface area contributed by atoms with E-state index in [-0.39, 0.29) is 6.10 Å². The van der Waals surface area contributed by atoms with Crippen LogP contribution in [-0.4, -0.2) is 35.8 Å². The Bertz CT molecular complexity index is 478. The molecule has 1 aromatic rings. The Morgan fingerprint density at radius 3 is 2.62 bits per heavy atom. The summed E-state index contributed by atoms with van der Waals surface area (Å²) in [6.07, 6.45) is -3.03. The zero-order valence-electron chi connectivity index (χ0n) is 12.0. The first-order valence-corrected chi connectivity index (χ1v) is 6.41. The van der Waals surface area contributed by atoms with E-state index in [1.807, 2.05) is 19.2 Å². The monoisotopic (exact) mass is 305 g/mol. The third-order valence-electron chi connectivity index (χ3n) is 2.35. The van der Waals surface area contributed by atoms with Gasteiger partial charge in [0, 0.05) is 6.20 Å². The maximum atomic E-state index is 12.0. The molecule has 1 aromatic heterocycles. The van der Waals surface area contributed by atoms with E-state index < -0.39 is 24.7 Å². The summed E-state index contributed by atoms with van der Waals surface area (Å²) in [6.45, 7) is 3.73. The molecule has 0 aliphatic heterocycles. The number of aromatic nitrogens is 1. The summed E-state index contributed by atoms with van der Waals surface area (Å²) in [4.78, 5) is 15.6. The number of anilines is 1. The van der Waals surface area contributed by atoms with Gasteiger partial charge in [-0.25, -0.2) is 4.98 Å². The molecule has 0 fully saturated rings. The van der Waals surface area contributed by atoms with Gasteiger partial charge in [0.2, 0.25) is 11.8 Å². The van der Waals surface area contributed by atoms with Gasteiger partial charge in [0.1, 0.15) is 12.6 Å². The molecule has 0 saturated heterocycles. The molecular weight excluding hydrogens is 287 g/mol. The molecule has 1 rings (SSSR count). The molecule has 0 saturated carbocycles. The predicted molar refractivity (Wildman–Crippen MR) is 72.2 cm³/mol. The fourth-order valence-corrected chi connectivity index (χ4v) is 1.46. The Hall–Kier alpha value is -1.99. The fourth-order valence-electron chi connectivity index (χ4n) is 1.46. The lowest BCUT2D eigenvalue weighted by Gasteiger charge is -2.18. The Balaban J connectivity index is 2.66. The average Bonchev–Trinajstić information content (AvgIpc) is 2.36. The van der Waals surface area contributed by atoms with Crippen molar-refractivity contribution in [1.82, 2.24) is 10.3 Å². The first-order chi connectivity index (χ1) is 9.69. The van der Waals surface area contributed by atoms with Crippen molar-refractivity contribution in [2.24, 2.45) is 0 Å². The highest BCUT2D eigenvalue weighted by atomic mass is 19.4. The van der Waals surface area contributed by atoms with Crippen LogP contribution < -0.4 is 15.4 Å². The van der Waals surface area contributed by atoms with Crippen molar-refractivity contribution in [1.29, 1.82) is 0 Å². The Kier molecular flexibility index (Phi) is 5.80. The van der Waals surface area contributed by atoms with Crippen LogP contribution in [0.2, 0.25) is 0 Å². The summed E-state index contributed by atoms with van der Waals surface area (Å²) in [5.41, 5.74) is 0.445. The molecule has 21 heavy (non-hydrogen) atoms. The van der Waals surface area contributed by atoms with Crippen LogP contribution in [0.3, 0.4) is 0 Å². The van der Waals surface area contributed by atoms with Crippen LogP contribution in [0.15, 0.2) is 18.3 Å². The number of hydrogen-bond acceptors (Lipinski definition) is 4. The number of alkyl halides is 3. The highest BCUT2D eigenvalue weighted by Crippen LogP contribution is 2.22. The Morgan fingerprint density at radius 1 is 1.38 bits per heavy atom. The van der Waals surface area contributed by atoms with Gasteiger partial charge in [-0.2, -0.15) is 13.2 Å². The van der Waals surface area contributed by atoms with Crippen molar-refractivity contribution in [2.75, 3.05) is 11.9 Å². The third-order valence-corrected chi connectivity index (χ3v) is 2.35. The van der Waals surface area contributed by atoms with Crippen molar-refractivity contribution in [3.63, 3.8) is 0 Å². The van der Waals surface area contributed by atoms with E-state index in [4.69, 9.17) is 4.74 Å². The molecule has 0 spiro atoms. The van der Waals surface area contributed by atoms with Crippen LogP contribution >= 0.6 is 0 Å². The molecule has 1 atom stereocenters. The molecular formula is C13H18F3N3O2. The van der Waals surface area contributed by atoms with Crippen molar-refractivity contribution < 1.29 is 22.7 Å². The van der Waals surface area contributed by atoms with Crippen LogP contribution in [0.4, 0.5) is 18.9 Å². The minimum atomic E-state index is -4.43. The van der Waals surface area contributed by atoms with Crippen molar-refractivity contribution in [2.45, 2.75) is 39.1 Å². The molecule has 0 aliphatic carbocycles. The van der Waals surface area contributed by atoms with E-state index in [2.05, 4.69) is 10.3 Å². The summed E-state index contributed by atoms with van der Waals surface area (Å²) in [7, 11) is 0. The SMILES string of the molecule is CC(C)Oc1ncccc1NC(C)C(=O)NCC(F)(F)F. The third kappa shape index (κ3) is 6.33. The van der Waals surface area contributed by atoms with Gasteiger partial charge in [-0.1, -0.05) is 0 Å². The van der Waals surface area contributed by atoms with Gasteiger partial charge >= 0.3 is 6.18 Å². The highest BCUT2D eigenvalue weighted by molar-refractivity contribution is 5.84. The lowest BCUT2D eigenvalue weighted by molar-refractivity contribution is -0.138. The summed E-state index contributed by atoms with van der Waals surface area (Å²) in [5.74, 6) is -0.463. The summed E-state index contributed by atoms with van der Waals surface area (Å²) in [5, 5.41) is 4.60. The maximum absolute atomic E-state index is 12.0. The standard InChI is InChI=1S/C13H18F3N3O2/c1-8(2)21-12-10(5-4-6-17-12)19-9(3)11(20)18-7-13(14,15)16/h4-6,8-9,19H,7H2,1-3H3,(H,18,20). The summed E-state index contributed by atoms with van der Waals surface area (Å²) >= 11 is 0. The van der Waals surface area contributed by atoms with E-state index in [1.54, 1.807) is 12.1 Å². The lowest BCUT2D eigenvalue weighted by atomic mass is 10.3. The summed E-state index contributed by atoms with van der Waals surface area (Å²) in [6, 6.07) is 2.42. The number of carbonyl (C=O) groups excluding carboxylic acids is 1. The summed E-state index contributed by atoms with van der Waals surface area (Å²) < 4.78 is 41.6. The lowest BCUT2D eigenvalue weighted by Crippen LogP contribution is -2.42.